The summed E-state index contributed by atoms with van der Waals surface area (Å²) in [6, 6.07) is 2.63. The van der Waals surface area contributed by atoms with Crippen LogP contribution in [0.3, 0.4) is 0 Å². The normalized spacial score (nSPS) is 8.36. The first-order valence-corrected chi connectivity index (χ1v) is 2.68. The van der Waals surface area contributed by atoms with Gasteiger partial charge in [0.2, 0.25) is 11.5 Å². The summed E-state index contributed by atoms with van der Waals surface area (Å²) in [4.78, 5) is 23.2. The quantitative estimate of drug-likeness (QED) is 0.524. The van der Waals surface area contributed by atoms with Crippen molar-refractivity contribution in [2.45, 2.75) is 0 Å². The minimum absolute atomic E-state index is 0. The van der Waals surface area contributed by atoms with Gasteiger partial charge >= 0.3 is 0 Å². The SMILES string of the molecule is NC(=O)c1ccc(=O)[nH]c1.O. The molecule has 11 heavy (non-hydrogen) atoms. The lowest BCUT2D eigenvalue weighted by atomic mass is 10.3. The van der Waals surface area contributed by atoms with Crippen molar-refractivity contribution in [3.05, 3.63) is 34.2 Å². The average molecular weight is 156 g/mol. The standard InChI is InChI=1S/C6H6N2O2.H2O/c7-6(10)4-1-2-5(9)8-3-4;/h1-3H,(H2,7,10)(H,8,9);1H2. The van der Waals surface area contributed by atoms with Crippen LogP contribution >= 0.6 is 0 Å². The maximum Gasteiger partial charge on any atom is 0.250 e. The van der Waals surface area contributed by atoms with Crippen LogP contribution in [0.15, 0.2) is 23.1 Å². The van der Waals surface area contributed by atoms with Crippen molar-refractivity contribution >= 4 is 5.91 Å². The van der Waals surface area contributed by atoms with Gasteiger partial charge in [-0.15, -0.1) is 0 Å². The topological polar surface area (TPSA) is 107 Å². The van der Waals surface area contributed by atoms with Gasteiger partial charge in [-0.05, 0) is 6.07 Å². The summed E-state index contributed by atoms with van der Waals surface area (Å²) in [5.41, 5.74) is 4.96. The fraction of sp³-hybridized carbons (Fsp3) is 0. The molecule has 0 aromatic carbocycles. The second kappa shape index (κ2) is 3.52. The summed E-state index contributed by atoms with van der Waals surface area (Å²) in [6.45, 7) is 0. The van der Waals surface area contributed by atoms with Crippen molar-refractivity contribution in [3.8, 4) is 0 Å². The van der Waals surface area contributed by atoms with Gasteiger partial charge in [-0.25, -0.2) is 0 Å². The van der Waals surface area contributed by atoms with E-state index in [1.54, 1.807) is 0 Å². The molecule has 0 aliphatic heterocycles. The molecule has 0 saturated heterocycles. The van der Waals surface area contributed by atoms with Crippen LogP contribution in [0.5, 0.6) is 0 Å². The molecule has 5 heteroatoms. The molecule has 0 radical (unpaired) electrons. The monoisotopic (exact) mass is 156 g/mol. The molecule has 1 amide bonds. The van der Waals surface area contributed by atoms with Gasteiger partial charge in [-0.2, -0.15) is 0 Å². The number of amides is 1. The van der Waals surface area contributed by atoms with Crippen molar-refractivity contribution in [1.82, 2.24) is 4.98 Å². The molecule has 0 spiro atoms. The summed E-state index contributed by atoms with van der Waals surface area (Å²) in [6.07, 6.45) is 1.28. The zero-order chi connectivity index (χ0) is 7.56. The number of nitrogens with two attached hydrogens (primary N) is 1. The number of hydrogen-bond donors (Lipinski definition) is 2. The predicted molar refractivity (Wildman–Crippen MR) is 39.2 cm³/mol. The highest BCUT2D eigenvalue weighted by molar-refractivity contribution is 5.92. The van der Waals surface area contributed by atoms with Gasteiger partial charge < -0.3 is 16.2 Å². The number of aromatic amines is 1. The van der Waals surface area contributed by atoms with Crippen LogP contribution in [0, 0.1) is 0 Å². The van der Waals surface area contributed by atoms with Crippen LogP contribution in [0.2, 0.25) is 0 Å². The third kappa shape index (κ3) is 2.23. The zero-order valence-electron chi connectivity index (χ0n) is 5.63. The summed E-state index contributed by atoms with van der Waals surface area (Å²) in [5.74, 6) is -0.545. The van der Waals surface area contributed by atoms with Crippen molar-refractivity contribution in [2.24, 2.45) is 5.73 Å². The molecule has 0 atom stereocenters. The van der Waals surface area contributed by atoms with E-state index in [0.29, 0.717) is 5.56 Å². The Kier molecular flexibility index (Phi) is 3.01. The van der Waals surface area contributed by atoms with Crippen LogP contribution in [0.25, 0.3) is 0 Å². The molecular weight excluding hydrogens is 148 g/mol. The van der Waals surface area contributed by atoms with E-state index in [9.17, 15) is 9.59 Å². The van der Waals surface area contributed by atoms with E-state index >= 15 is 0 Å². The fourth-order valence-electron chi connectivity index (χ4n) is 0.564. The Labute approximate surface area is 62.2 Å². The predicted octanol–water partition coefficient (Wildman–Crippen LogP) is -1.35. The van der Waals surface area contributed by atoms with Crippen molar-refractivity contribution in [2.75, 3.05) is 0 Å². The Balaban J connectivity index is 0.000001000. The molecule has 1 rings (SSSR count). The zero-order valence-corrected chi connectivity index (χ0v) is 5.63. The van der Waals surface area contributed by atoms with Gasteiger partial charge in [-0.3, -0.25) is 9.59 Å². The Hall–Kier alpha value is -1.62. The molecule has 5 N–H and O–H groups in total. The molecule has 0 aliphatic carbocycles. The van der Waals surface area contributed by atoms with Gasteiger partial charge in [0, 0.05) is 12.3 Å². The van der Waals surface area contributed by atoms with E-state index < -0.39 is 5.91 Å². The van der Waals surface area contributed by atoms with Gasteiger partial charge in [0.1, 0.15) is 0 Å². The highest BCUT2D eigenvalue weighted by atomic mass is 16.1. The van der Waals surface area contributed by atoms with Crippen LogP contribution in [0.4, 0.5) is 0 Å². The fourth-order valence-corrected chi connectivity index (χ4v) is 0.564. The van der Waals surface area contributed by atoms with E-state index in [2.05, 4.69) is 4.98 Å². The molecule has 0 aliphatic rings. The van der Waals surface area contributed by atoms with Gasteiger partial charge in [-0.1, -0.05) is 0 Å². The number of carbonyl (C=O) groups excluding carboxylic acids is 1. The second-order valence-electron chi connectivity index (χ2n) is 1.81. The number of rotatable bonds is 1. The number of carbonyl (C=O) groups is 1. The second-order valence-corrected chi connectivity index (χ2v) is 1.81. The number of nitrogens with one attached hydrogen (secondary N) is 1. The lowest BCUT2D eigenvalue weighted by Crippen LogP contribution is -2.13. The first-order valence-electron chi connectivity index (χ1n) is 2.68. The highest BCUT2D eigenvalue weighted by Crippen LogP contribution is 1.88. The Morgan fingerprint density at radius 2 is 2.09 bits per heavy atom. The Morgan fingerprint density at radius 3 is 2.45 bits per heavy atom. The van der Waals surface area contributed by atoms with Crippen LogP contribution in [-0.4, -0.2) is 16.4 Å². The summed E-state index contributed by atoms with van der Waals surface area (Å²) >= 11 is 0. The van der Waals surface area contributed by atoms with E-state index in [1.807, 2.05) is 0 Å². The smallest absolute Gasteiger partial charge is 0.250 e. The molecule has 1 aromatic rings. The molecule has 0 bridgehead atoms. The third-order valence-electron chi connectivity index (χ3n) is 1.07. The van der Waals surface area contributed by atoms with Crippen molar-refractivity contribution in [1.29, 1.82) is 0 Å². The first-order chi connectivity index (χ1) is 4.70. The van der Waals surface area contributed by atoms with E-state index in [4.69, 9.17) is 5.73 Å². The molecule has 5 nitrogen and oxygen atoms in total. The molecule has 1 heterocycles. The third-order valence-corrected chi connectivity index (χ3v) is 1.07. The molecule has 60 valence electrons. The number of pyridine rings is 1. The molecule has 1 aromatic heterocycles. The molecular formula is C6H8N2O3. The number of hydrogen-bond acceptors (Lipinski definition) is 2. The number of primary amides is 1. The summed E-state index contributed by atoms with van der Waals surface area (Å²) in [7, 11) is 0. The van der Waals surface area contributed by atoms with E-state index in [1.165, 1.54) is 18.3 Å². The Bertz CT molecular complexity index is 284. The van der Waals surface area contributed by atoms with Gasteiger partial charge in [0.15, 0.2) is 0 Å². The number of aromatic nitrogens is 1. The van der Waals surface area contributed by atoms with Crippen molar-refractivity contribution in [3.63, 3.8) is 0 Å². The Morgan fingerprint density at radius 1 is 1.45 bits per heavy atom. The highest BCUT2D eigenvalue weighted by Gasteiger charge is 1.96. The lowest BCUT2D eigenvalue weighted by molar-refractivity contribution is 0.1000. The van der Waals surface area contributed by atoms with Crippen molar-refractivity contribution < 1.29 is 10.3 Å². The maximum absolute atomic E-state index is 10.4. The minimum Gasteiger partial charge on any atom is -0.412 e. The van der Waals surface area contributed by atoms with E-state index in [0.717, 1.165) is 0 Å². The van der Waals surface area contributed by atoms with Gasteiger partial charge in [0.05, 0.1) is 5.56 Å². The maximum atomic E-state index is 10.4. The number of H-pyrrole nitrogens is 1. The van der Waals surface area contributed by atoms with E-state index in [-0.39, 0.29) is 11.0 Å². The summed E-state index contributed by atoms with van der Waals surface area (Å²) < 4.78 is 0. The van der Waals surface area contributed by atoms with Gasteiger partial charge in [0.25, 0.3) is 0 Å². The molecule has 0 saturated carbocycles. The lowest BCUT2D eigenvalue weighted by Gasteiger charge is -1.89. The van der Waals surface area contributed by atoms with Crippen LogP contribution in [0.1, 0.15) is 10.4 Å². The van der Waals surface area contributed by atoms with Crippen LogP contribution < -0.4 is 11.3 Å². The average Bonchev–Trinajstić information content (AvgIpc) is 1.88. The molecule has 0 fully saturated rings. The molecule has 0 unspecified atom stereocenters. The minimum atomic E-state index is -0.545. The first kappa shape index (κ1) is 9.38. The summed E-state index contributed by atoms with van der Waals surface area (Å²) in [5, 5.41) is 0. The van der Waals surface area contributed by atoms with Crippen LogP contribution in [-0.2, 0) is 0 Å². The largest absolute Gasteiger partial charge is 0.412 e.